The van der Waals surface area contributed by atoms with Crippen LogP contribution in [-0.2, 0) is 11.8 Å². The highest BCUT2D eigenvalue weighted by molar-refractivity contribution is 7.99. The Morgan fingerprint density at radius 3 is 2.68 bits per heavy atom. The minimum Gasteiger partial charge on any atom is -0.299 e. The van der Waals surface area contributed by atoms with Crippen molar-refractivity contribution in [1.29, 1.82) is 0 Å². The van der Waals surface area contributed by atoms with Gasteiger partial charge in [0.25, 0.3) is 0 Å². The maximum atomic E-state index is 15.0. The van der Waals surface area contributed by atoms with Crippen molar-refractivity contribution >= 4 is 34.9 Å². The Morgan fingerprint density at radius 2 is 1.97 bits per heavy atom. The zero-order valence-corrected chi connectivity index (χ0v) is 22.0. The maximum absolute atomic E-state index is 15.0. The Bertz CT molecular complexity index is 1570. The number of ketones is 2. The largest absolute Gasteiger partial charge is 0.299 e. The highest BCUT2D eigenvalue weighted by Gasteiger charge is 2.51. The number of carbonyl (C=O) groups excluding carboxylic acids is 2. The van der Waals surface area contributed by atoms with E-state index in [0.29, 0.717) is 17.5 Å². The van der Waals surface area contributed by atoms with E-state index >= 15 is 4.39 Å². The van der Waals surface area contributed by atoms with Crippen LogP contribution in [0.4, 0.5) is 4.39 Å². The number of rotatable bonds is 8. The number of fused-ring (bicyclic) bond motifs is 1. The number of benzene rings is 2. The van der Waals surface area contributed by atoms with Gasteiger partial charge in [-0.2, -0.15) is 4.80 Å². The van der Waals surface area contributed by atoms with E-state index in [1.165, 1.54) is 29.6 Å². The van der Waals surface area contributed by atoms with Crippen molar-refractivity contribution in [1.82, 2.24) is 30.2 Å². The standard InChI is InChI=1S/C27H22ClFN6O2S/c1-35-33-26(32-34-35)25-20(8-18(28)9-21(25)29)15-2-3-19-16(13-38-23(19)6-15)7-24(37)27(4-5-27)10-22(36)17-11-30-14-31-12-17/h2-3,6,8-9,11-12,14,16H,4-5,7,10,13H2,1H3. The van der Waals surface area contributed by atoms with Gasteiger partial charge in [0, 0.05) is 52.2 Å². The third kappa shape index (κ3) is 4.63. The predicted octanol–water partition coefficient (Wildman–Crippen LogP) is 5.33. The Labute approximate surface area is 227 Å². The van der Waals surface area contributed by atoms with E-state index in [1.807, 2.05) is 18.2 Å². The average molecular weight is 549 g/mol. The summed E-state index contributed by atoms with van der Waals surface area (Å²) in [7, 11) is 1.62. The second-order valence-electron chi connectivity index (χ2n) is 9.81. The fraction of sp³-hybridized carbons (Fsp3) is 0.296. The summed E-state index contributed by atoms with van der Waals surface area (Å²) in [6, 6.07) is 8.86. The van der Waals surface area contributed by atoms with Crippen LogP contribution < -0.4 is 0 Å². The lowest BCUT2D eigenvalue weighted by Crippen LogP contribution is -2.22. The monoisotopic (exact) mass is 548 g/mol. The van der Waals surface area contributed by atoms with Gasteiger partial charge < -0.3 is 0 Å². The van der Waals surface area contributed by atoms with Crippen molar-refractivity contribution in [2.75, 3.05) is 5.75 Å². The molecule has 2 aliphatic rings. The van der Waals surface area contributed by atoms with E-state index in [2.05, 4.69) is 25.4 Å². The highest BCUT2D eigenvalue weighted by atomic mass is 35.5. The Hall–Kier alpha value is -3.50. The first-order valence-corrected chi connectivity index (χ1v) is 13.5. The second-order valence-corrected chi connectivity index (χ2v) is 11.3. The molecular weight excluding hydrogens is 527 g/mol. The summed E-state index contributed by atoms with van der Waals surface area (Å²) in [5.41, 5.74) is 2.55. The highest BCUT2D eigenvalue weighted by Crippen LogP contribution is 2.53. The van der Waals surface area contributed by atoms with Gasteiger partial charge in [0.1, 0.15) is 17.9 Å². The van der Waals surface area contributed by atoms with Crippen molar-refractivity contribution in [2.45, 2.75) is 36.5 Å². The first-order valence-electron chi connectivity index (χ1n) is 12.1. The lowest BCUT2D eigenvalue weighted by Gasteiger charge is -2.17. The number of halogens is 2. The van der Waals surface area contributed by atoms with Gasteiger partial charge in [0.15, 0.2) is 5.78 Å². The molecule has 0 bridgehead atoms. The number of aryl methyl sites for hydroxylation is 1. The van der Waals surface area contributed by atoms with Gasteiger partial charge in [-0.15, -0.1) is 22.0 Å². The molecule has 1 fully saturated rings. The van der Waals surface area contributed by atoms with E-state index in [9.17, 15) is 9.59 Å². The van der Waals surface area contributed by atoms with E-state index in [0.717, 1.165) is 34.6 Å². The zero-order valence-electron chi connectivity index (χ0n) is 20.4. The van der Waals surface area contributed by atoms with Crippen LogP contribution in [0.25, 0.3) is 22.5 Å². The molecule has 1 aliphatic carbocycles. The summed E-state index contributed by atoms with van der Waals surface area (Å²) >= 11 is 7.88. The van der Waals surface area contributed by atoms with Crippen molar-refractivity contribution in [3.05, 3.63) is 71.0 Å². The van der Waals surface area contributed by atoms with Crippen LogP contribution in [0, 0.1) is 11.2 Å². The molecule has 4 aromatic rings. The lowest BCUT2D eigenvalue weighted by atomic mass is 9.85. The van der Waals surface area contributed by atoms with Crippen molar-refractivity contribution in [2.24, 2.45) is 12.5 Å². The topological polar surface area (TPSA) is 104 Å². The van der Waals surface area contributed by atoms with Gasteiger partial charge in [0.05, 0.1) is 18.2 Å². The van der Waals surface area contributed by atoms with Gasteiger partial charge in [-0.1, -0.05) is 23.7 Å². The molecule has 6 rings (SSSR count). The molecule has 0 radical (unpaired) electrons. The number of hydrogen-bond acceptors (Lipinski definition) is 8. The zero-order chi connectivity index (χ0) is 26.4. The van der Waals surface area contributed by atoms with Gasteiger partial charge >= 0.3 is 0 Å². The summed E-state index contributed by atoms with van der Waals surface area (Å²) < 4.78 is 15.0. The summed E-state index contributed by atoms with van der Waals surface area (Å²) in [5, 5.41) is 12.3. The number of thioether (sulfide) groups is 1. The van der Waals surface area contributed by atoms with Crippen molar-refractivity contribution < 1.29 is 14.0 Å². The van der Waals surface area contributed by atoms with Gasteiger partial charge in [-0.25, -0.2) is 14.4 Å². The summed E-state index contributed by atoms with van der Waals surface area (Å²) in [4.78, 5) is 36.2. The minimum atomic E-state index is -0.572. The van der Waals surface area contributed by atoms with E-state index in [4.69, 9.17) is 11.6 Å². The van der Waals surface area contributed by atoms with E-state index in [-0.39, 0.29) is 40.3 Å². The third-order valence-corrected chi connectivity index (χ3v) is 8.70. The molecule has 11 heteroatoms. The number of aromatic nitrogens is 6. The molecule has 1 atom stereocenters. The van der Waals surface area contributed by atoms with Gasteiger partial charge in [-0.3, -0.25) is 9.59 Å². The summed E-state index contributed by atoms with van der Waals surface area (Å²) in [6.07, 6.45) is 6.42. The van der Waals surface area contributed by atoms with Crippen LogP contribution in [0.2, 0.25) is 5.02 Å². The molecule has 3 heterocycles. The molecule has 2 aromatic heterocycles. The van der Waals surface area contributed by atoms with Crippen LogP contribution in [0.15, 0.2) is 53.9 Å². The fourth-order valence-corrected chi connectivity index (χ4v) is 6.52. The van der Waals surface area contributed by atoms with E-state index in [1.54, 1.807) is 24.9 Å². The first-order chi connectivity index (χ1) is 18.3. The fourth-order valence-electron chi connectivity index (χ4n) is 5.02. The first kappa shape index (κ1) is 24.8. The summed E-state index contributed by atoms with van der Waals surface area (Å²) in [5.74, 6) is 0.524. The molecular formula is C27H22ClFN6O2S. The number of Topliss-reactive ketones (excluding diaryl/α,β-unsaturated/α-hetero) is 2. The third-order valence-electron chi connectivity index (χ3n) is 7.25. The molecule has 0 amide bonds. The Balaban J connectivity index is 1.23. The normalized spacial score (nSPS) is 17.3. The van der Waals surface area contributed by atoms with Crippen LogP contribution in [-0.4, -0.2) is 47.5 Å². The van der Waals surface area contributed by atoms with Crippen LogP contribution in [0.3, 0.4) is 0 Å². The molecule has 1 saturated carbocycles. The molecule has 38 heavy (non-hydrogen) atoms. The molecule has 0 spiro atoms. The predicted molar refractivity (Wildman–Crippen MR) is 140 cm³/mol. The number of carbonyl (C=O) groups is 2. The second kappa shape index (κ2) is 9.67. The van der Waals surface area contributed by atoms with Gasteiger partial charge in [0.2, 0.25) is 5.82 Å². The Kier molecular flexibility index (Phi) is 6.31. The van der Waals surface area contributed by atoms with Crippen molar-refractivity contribution in [3.8, 4) is 22.5 Å². The minimum absolute atomic E-state index is 0.0569. The molecule has 0 N–H and O–H groups in total. The van der Waals surface area contributed by atoms with Crippen molar-refractivity contribution in [3.63, 3.8) is 0 Å². The average Bonchev–Trinajstić information content (AvgIpc) is 3.40. The number of nitrogens with zero attached hydrogens (tertiary/aromatic N) is 6. The quantitative estimate of drug-likeness (QED) is 0.272. The van der Waals surface area contributed by atoms with Crippen LogP contribution in [0.1, 0.15) is 47.5 Å². The molecule has 1 aliphatic heterocycles. The number of hydrogen-bond donors (Lipinski definition) is 0. The SMILES string of the molecule is Cn1nnc(-c2c(F)cc(Cl)cc2-c2ccc3c(c2)SCC3CC(=O)C2(CC(=O)c3cncnc3)CC2)n1. The van der Waals surface area contributed by atoms with Crippen LogP contribution in [0.5, 0.6) is 0 Å². The molecule has 192 valence electrons. The van der Waals surface area contributed by atoms with Crippen LogP contribution >= 0.6 is 23.4 Å². The molecule has 8 nitrogen and oxygen atoms in total. The number of tetrazole rings is 1. The smallest absolute Gasteiger partial charge is 0.208 e. The molecule has 2 aromatic carbocycles. The Morgan fingerprint density at radius 1 is 1.18 bits per heavy atom. The molecule has 0 saturated heterocycles. The van der Waals surface area contributed by atoms with Gasteiger partial charge in [-0.05, 0) is 52.9 Å². The summed E-state index contributed by atoms with van der Waals surface area (Å²) in [6.45, 7) is 0. The molecule has 1 unspecified atom stereocenters. The maximum Gasteiger partial charge on any atom is 0.208 e. The van der Waals surface area contributed by atoms with E-state index < -0.39 is 11.2 Å². The lowest BCUT2D eigenvalue weighted by molar-refractivity contribution is -0.124.